The Kier molecular flexibility index (Phi) is 4.50. The highest BCUT2D eigenvalue weighted by Gasteiger charge is 2.18. The van der Waals surface area contributed by atoms with Crippen LogP contribution in [-0.4, -0.2) is 23.0 Å². The number of nitrogens with one attached hydrogen (secondary N) is 1. The van der Waals surface area contributed by atoms with Crippen molar-refractivity contribution in [2.75, 3.05) is 6.61 Å². The van der Waals surface area contributed by atoms with Gasteiger partial charge in [0.05, 0.1) is 16.1 Å². The Hall–Kier alpha value is -2.83. The molecule has 0 spiro atoms. The van der Waals surface area contributed by atoms with E-state index in [1.54, 1.807) is 48.5 Å². The molecule has 0 aliphatic rings. The Morgan fingerprint density at radius 2 is 1.83 bits per heavy atom. The van der Waals surface area contributed by atoms with E-state index in [0.717, 1.165) is 0 Å². The molecule has 0 radical (unpaired) electrons. The van der Waals surface area contributed by atoms with E-state index in [4.69, 9.17) is 22.2 Å². The van der Waals surface area contributed by atoms with Crippen molar-refractivity contribution in [3.63, 3.8) is 0 Å². The number of carbonyl (C=O) groups is 2. The smallest absolute Gasteiger partial charge is 0.269 e. The molecule has 0 fully saturated rings. The zero-order valence-corrected chi connectivity index (χ0v) is 13.3. The molecule has 122 valence electrons. The topological polar surface area (TPSA) is 86.4 Å². The molecule has 0 aliphatic carbocycles. The summed E-state index contributed by atoms with van der Waals surface area (Å²) in [6.07, 6.45) is 1.45. The minimum absolute atomic E-state index is 0.216. The van der Waals surface area contributed by atoms with Crippen molar-refractivity contribution in [3.8, 4) is 5.75 Å². The number of para-hydroxylation sites is 2. The molecule has 0 saturated carbocycles. The van der Waals surface area contributed by atoms with Crippen LogP contribution in [0.5, 0.6) is 5.75 Å². The average molecular weight is 344 g/mol. The fourth-order valence-electron chi connectivity index (χ4n) is 2.42. The molecule has 7 heteroatoms. The Labute approximate surface area is 142 Å². The maximum atomic E-state index is 12.5. The first-order valence-electron chi connectivity index (χ1n) is 7.13. The van der Waals surface area contributed by atoms with E-state index in [2.05, 4.69) is 5.43 Å². The fraction of sp³-hybridized carbons (Fsp3) is 0.0588. The Morgan fingerprint density at radius 3 is 2.58 bits per heavy atom. The lowest BCUT2D eigenvalue weighted by molar-refractivity contribution is 0.0843. The van der Waals surface area contributed by atoms with Crippen molar-refractivity contribution in [2.24, 2.45) is 5.84 Å². The predicted molar refractivity (Wildman–Crippen MR) is 91.2 cm³/mol. The van der Waals surface area contributed by atoms with Crippen molar-refractivity contribution < 1.29 is 14.3 Å². The Morgan fingerprint density at radius 1 is 1.12 bits per heavy atom. The molecule has 2 aromatic carbocycles. The normalized spacial score (nSPS) is 10.6. The first kappa shape index (κ1) is 16.0. The number of nitrogens with two attached hydrogens (primary N) is 1. The number of aromatic nitrogens is 1. The van der Waals surface area contributed by atoms with Gasteiger partial charge in [-0.05, 0) is 18.2 Å². The standard InChI is InChI=1S/C17H14ClN3O3/c18-13-6-2-4-8-15(13)24-10-16(22)21-9-12(17(23)20-19)11-5-1-3-7-14(11)21/h1-9H,10,19H2,(H,20,23). The third kappa shape index (κ3) is 2.97. The van der Waals surface area contributed by atoms with Crippen LogP contribution in [0.3, 0.4) is 0 Å². The molecule has 0 bridgehead atoms. The number of hydrogen-bond acceptors (Lipinski definition) is 4. The van der Waals surface area contributed by atoms with E-state index in [1.807, 2.05) is 0 Å². The summed E-state index contributed by atoms with van der Waals surface area (Å²) in [5.74, 6) is 4.82. The maximum Gasteiger partial charge on any atom is 0.269 e. The number of fused-ring (bicyclic) bond motifs is 1. The second-order valence-corrected chi connectivity index (χ2v) is 5.42. The number of halogens is 1. The van der Waals surface area contributed by atoms with Crippen LogP contribution in [0.2, 0.25) is 5.02 Å². The number of rotatable bonds is 4. The van der Waals surface area contributed by atoms with Gasteiger partial charge < -0.3 is 4.74 Å². The van der Waals surface area contributed by atoms with Gasteiger partial charge in [-0.1, -0.05) is 41.9 Å². The molecule has 0 atom stereocenters. The van der Waals surface area contributed by atoms with Gasteiger partial charge in [0.25, 0.3) is 11.8 Å². The van der Waals surface area contributed by atoms with E-state index in [1.165, 1.54) is 10.8 Å². The van der Waals surface area contributed by atoms with Crippen LogP contribution in [0.25, 0.3) is 10.9 Å². The highest BCUT2D eigenvalue weighted by Crippen LogP contribution is 2.24. The molecule has 0 unspecified atom stereocenters. The summed E-state index contributed by atoms with van der Waals surface area (Å²) in [6, 6.07) is 14.0. The monoisotopic (exact) mass is 343 g/mol. The molecule has 6 nitrogen and oxygen atoms in total. The second-order valence-electron chi connectivity index (χ2n) is 5.02. The Bertz CT molecular complexity index is 920. The number of nitrogen functional groups attached to an aromatic ring is 1. The van der Waals surface area contributed by atoms with Crippen molar-refractivity contribution in [1.29, 1.82) is 0 Å². The summed E-state index contributed by atoms with van der Waals surface area (Å²) in [5, 5.41) is 1.05. The summed E-state index contributed by atoms with van der Waals surface area (Å²) in [5.41, 5.74) is 3.00. The molecule has 1 heterocycles. The van der Waals surface area contributed by atoms with Crippen molar-refractivity contribution in [1.82, 2.24) is 9.99 Å². The van der Waals surface area contributed by atoms with Gasteiger partial charge >= 0.3 is 0 Å². The van der Waals surface area contributed by atoms with Crippen molar-refractivity contribution in [2.45, 2.75) is 0 Å². The average Bonchev–Trinajstić information content (AvgIpc) is 3.00. The van der Waals surface area contributed by atoms with Crippen LogP contribution in [-0.2, 0) is 0 Å². The molecule has 3 rings (SSSR count). The second kappa shape index (κ2) is 6.74. The van der Waals surface area contributed by atoms with Crippen LogP contribution >= 0.6 is 11.6 Å². The van der Waals surface area contributed by atoms with Crippen molar-refractivity contribution in [3.05, 3.63) is 65.3 Å². The van der Waals surface area contributed by atoms with Crippen molar-refractivity contribution >= 4 is 34.3 Å². The van der Waals surface area contributed by atoms with Gasteiger partial charge in [-0.15, -0.1) is 0 Å². The zero-order chi connectivity index (χ0) is 17.1. The summed E-state index contributed by atoms with van der Waals surface area (Å²) >= 11 is 6.00. The maximum absolute atomic E-state index is 12.5. The van der Waals surface area contributed by atoms with Gasteiger partial charge in [0, 0.05) is 11.6 Å². The molecular weight excluding hydrogens is 330 g/mol. The molecule has 3 aromatic rings. The first-order valence-corrected chi connectivity index (χ1v) is 7.51. The summed E-state index contributed by atoms with van der Waals surface area (Å²) in [7, 11) is 0. The number of nitrogens with zero attached hydrogens (tertiary/aromatic N) is 1. The van der Waals surface area contributed by atoms with Gasteiger partial charge in [0.2, 0.25) is 0 Å². The lowest BCUT2D eigenvalue weighted by atomic mass is 10.2. The zero-order valence-electron chi connectivity index (χ0n) is 12.5. The largest absolute Gasteiger partial charge is 0.482 e. The van der Waals surface area contributed by atoms with E-state index < -0.39 is 5.91 Å². The number of carbonyl (C=O) groups excluding carboxylic acids is 2. The van der Waals surface area contributed by atoms with Gasteiger partial charge in [-0.2, -0.15) is 0 Å². The lowest BCUT2D eigenvalue weighted by Gasteiger charge is -2.08. The molecule has 0 saturated heterocycles. The van der Waals surface area contributed by atoms with E-state index >= 15 is 0 Å². The molecule has 24 heavy (non-hydrogen) atoms. The molecule has 0 aliphatic heterocycles. The third-order valence-corrected chi connectivity index (χ3v) is 3.86. The highest BCUT2D eigenvalue weighted by molar-refractivity contribution is 6.32. The minimum Gasteiger partial charge on any atom is -0.482 e. The number of ether oxygens (including phenoxy) is 1. The molecular formula is C17H14ClN3O3. The number of benzene rings is 2. The third-order valence-electron chi connectivity index (χ3n) is 3.54. The van der Waals surface area contributed by atoms with Crippen LogP contribution < -0.4 is 16.0 Å². The Balaban J connectivity index is 1.90. The van der Waals surface area contributed by atoms with Crippen LogP contribution in [0.1, 0.15) is 15.2 Å². The first-order chi connectivity index (χ1) is 11.6. The quantitative estimate of drug-likeness (QED) is 0.433. The number of hydrazine groups is 1. The van der Waals surface area contributed by atoms with Crippen LogP contribution in [0.15, 0.2) is 54.7 Å². The van der Waals surface area contributed by atoms with Gasteiger partial charge in [-0.25, -0.2) is 5.84 Å². The van der Waals surface area contributed by atoms with Gasteiger partial charge in [-0.3, -0.25) is 19.6 Å². The SMILES string of the molecule is NNC(=O)c1cn(C(=O)COc2ccccc2Cl)c2ccccc12. The van der Waals surface area contributed by atoms with Gasteiger partial charge in [0.15, 0.2) is 6.61 Å². The van der Waals surface area contributed by atoms with Crippen LogP contribution in [0, 0.1) is 0 Å². The molecule has 1 amide bonds. The summed E-state index contributed by atoms with van der Waals surface area (Å²) < 4.78 is 6.84. The molecule has 3 N–H and O–H groups in total. The van der Waals surface area contributed by atoms with E-state index in [9.17, 15) is 9.59 Å². The predicted octanol–water partition coefficient (Wildman–Crippen LogP) is 2.62. The van der Waals surface area contributed by atoms with Gasteiger partial charge in [0.1, 0.15) is 5.75 Å². The highest BCUT2D eigenvalue weighted by atomic mass is 35.5. The van der Waals surface area contributed by atoms with Crippen LogP contribution in [0.4, 0.5) is 0 Å². The summed E-state index contributed by atoms with van der Waals surface area (Å²) in [6.45, 7) is -0.216. The fourth-order valence-corrected chi connectivity index (χ4v) is 2.61. The number of amides is 1. The minimum atomic E-state index is -0.468. The van der Waals surface area contributed by atoms with E-state index in [-0.39, 0.29) is 12.5 Å². The lowest BCUT2D eigenvalue weighted by Crippen LogP contribution is -2.29. The molecule has 1 aromatic heterocycles. The summed E-state index contributed by atoms with van der Waals surface area (Å²) in [4.78, 5) is 24.4. The van der Waals surface area contributed by atoms with E-state index in [0.29, 0.717) is 27.2 Å². The number of hydrogen-bond donors (Lipinski definition) is 2.